The number of para-hydroxylation sites is 1. The van der Waals surface area contributed by atoms with Crippen molar-refractivity contribution in [3.8, 4) is 11.5 Å². The molecule has 128 valence electrons. The van der Waals surface area contributed by atoms with Crippen LogP contribution in [0.4, 0.5) is 5.69 Å². The lowest BCUT2D eigenvalue weighted by atomic mass is 10.1. The number of nitrogens with one attached hydrogen (secondary N) is 2. The summed E-state index contributed by atoms with van der Waals surface area (Å²) < 4.78 is 5.74. The molecular weight excluding hydrogens is 300 g/mol. The van der Waals surface area contributed by atoms with E-state index in [1.165, 1.54) is 0 Å². The minimum Gasteiger partial charge on any atom is -0.457 e. The Kier molecular flexibility index (Phi) is 6.82. The minimum atomic E-state index is -0.227. The van der Waals surface area contributed by atoms with E-state index in [4.69, 9.17) is 4.74 Å². The summed E-state index contributed by atoms with van der Waals surface area (Å²) >= 11 is 0. The van der Waals surface area contributed by atoms with E-state index in [0.717, 1.165) is 30.0 Å². The fourth-order valence-electron chi connectivity index (χ4n) is 2.44. The molecule has 1 unspecified atom stereocenters. The van der Waals surface area contributed by atoms with Gasteiger partial charge in [0.2, 0.25) is 5.91 Å². The Morgan fingerprint density at radius 3 is 2.12 bits per heavy atom. The fourth-order valence-corrected chi connectivity index (χ4v) is 2.44. The van der Waals surface area contributed by atoms with Gasteiger partial charge in [-0.1, -0.05) is 32.0 Å². The molecule has 2 N–H and O–H groups in total. The van der Waals surface area contributed by atoms with E-state index in [1.54, 1.807) is 0 Å². The van der Waals surface area contributed by atoms with Crippen LogP contribution in [0.25, 0.3) is 0 Å². The lowest BCUT2D eigenvalue weighted by Gasteiger charge is -2.20. The molecule has 24 heavy (non-hydrogen) atoms. The average molecular weight is 326 g/mol. The molecule has 0 saturated carbocycles. The summed E-state index contributed by atoms with van der Waals surface area (Å²) in [6.07, 6.45) is 2.03. The molecule has 0 fully saturated rings. The van der Waals surface area contributed by atoms with Crippen molar-refractivity contribution in [2.24, 2.45) is 0 Å². The zero-order valence-corrected chi connectivity index (χ0v) is 14.6. The number of anilines is 1. The molecule has 2 rings (SSSR count). The highest BCUT2D eigenvalue weighted by molar-refractivity contribution is 5.94. The van der Waals surface area contributed by atoms with E-state index in [-0.39, 0.29) is 11.9 Å². The molecule has 1 atom stereocenters. The summed E-state index contributed by atoms with van der Waals surface area (Å²) in [6.45, 7) is 6.13. The lowest BCUT2D eigenvalue weighted by molar-refractivity contribution is -0.118. The molecule has 4 heteroatoms. The number of hydrogen-bond donors (Lipinski definition) is 2. The first-order chi connectivity index (χ1) is 11.6. The monoisotopic (exact) mass is 326 g/mol. The molecule has 0 aliphatic heterocycles. The number of carbonyl (C=O) groups excluding carboxylic acids is 1. The van der Waals surface area contributed by atoms with E-state index in [1.807, 2.05) is 61.5 Å². The Hall–Kier alpha value is -2.33. The Balaban J connectivity index is 1.90. The Morgan fingerprint density at radius 2 is 1.54 bits per heavy atom. The predicted molar refractivity (Wildman–Crippen MR) is 98.6 cm³/mol. The lowest BCUT2D eigenvalue weighted by Crippen LogP contribution is -2.43. The Morgan fingerprint density at radius 1 is 0.958 bits per heavy atom. The van der Waals surface area contributed by atoms with Crippen LogP contribution in [0, 0.1) is 0 Å². The zero-order chi connectivity index (χ0) is 17.4. The van der Waals surface area contributed by atoms with Crippen molar-refractivity contribution in [3.05, 3.63) is 54.6 Å². The number of benzene rings is 2. The number of amides is 1. The molecule has 1 amide bonds. The first-order valence-electron chi connectivity index (χ1n) is 8.52. The number of rotatable bonds is 8. The van der Waals surface area contributed by atoms with Gasteiger partial charge in [-0.05, 0) is 56.2 Å². The predicted octanol–water partition coefficient (Wildman–Crippen LogP) is 4.58. The highest BCUT2D eigenvalue weighted by Gasteiger charge is 2.15. The average Bonchev–Trinajstić information content (AvgIpc) is 2.62. The number of ether oxygens (including phenoxy) is 1. The molecule has 0 bridgehead atoms. The SMILES string of the molecule is CCC(CC)NC(C)C(=O)Nc1ccc(Oc2ccccc2)cc1. The van der Waals surface area contributed by atoms with Gasteiger partial charge in [0.25, 0.3) is 0 Å². The number of hydrogen-bond acceptors (Lipinski definition) is 3. The summed E-state index contributed by atoms with van der Waals surface area (Å²) in [7, 11) is 0. The van der Waals surface area contributed by atoms with Crippen molar-refractivity contribution in [1.29, 1.82) is 0 Å². The standard InChI is InChI=1S/C20H26N2O2/c1-4-16(5-2)21-15(3)20(23)22-17-11-13-19(14-12-17)24-18-9-7-6-8-10-18/h6-16,21H,4-5H2,1-3H3,(H,22,23). The number of carbonyl (C=O) groups is 1. The molecule has 0 spiro atoms. The van der Waals surface area contributed by atoms with Gasteiger partial charge in [0.05, 0.1) is 6.04 Å². The van der Waals surface area contributed by atoms with Crippen LogP contribution in [0.1, 0.15) is 33.6 Å². The minimum absolute atomic E-state index is 0.0290. The largest absolute Gasteiger partial charge is 0.457 e. The van der Waals surface area contributed by atoms with Crippen molar-refractivity contribution in [3.63, 3.8) is 0 Å². The van der Waals surface area contributed by atoms with Crippen molar-refractivity contribution < 1.29 is 9.53 Å². The first-order valence-corrected chi connectivity index (χ1v) is 8.52. The molecule has 0 aromatic heterocycles. The second kappa shape index (κ2) is 9.08. The Labute approximate surface area is 144 Å². The zero-order valence-electron chi connectivity index (χ0n) is 14.6. The van der Waals surface area contributed by atoms with Crippen molar-refractivity contribution in [2.45, 2.75) is 45.7 Å². The maximum Gasteiger partial charge on any atom is 0.241 e. The summed E-state index contributed by atoms with van der Waals surface area (Å²) in [5.41, 5.74) is 0.763. The molecule has 0 aliphatic carbocycles. The summed E-state index contributed by atoms with van der Waals surface area (Å²) in [5.74, 6) is 1.50. The van der Waals surface area contributed by atoms with Gasteiger partial charge in [-0.25, -0.2) is 0 Å². The second-order valence-electron chi connectivity index (χ2n) is 5.83. The molecule has 0 heterocycles. The normalized spacial score (nSPS) is 12.0. The van der Waals surface area contributed by atoms with E-state index in [0.29, 0.717) is 6.04 Å². The molecule has 0 saturated heterocycles. The van der Waals surface area contributed by atoms with Gasteiger partial charge in [-0.3, -0.25) is 4.79 Å². The third kappa shape index (κ3) is 5.39. The van der Waals surface area contributed by atoms with Crippen LogP contribution < -0.4 is 15.4 Å². The summed E-state index contributed by atoms with van der Waals surface area (Å²) in [6, 6.07) is 17.1. The van der Waals surface area contributed by atoms with Gasteiger partial charge in [-0.15, -0.1) is 0 Å². The van der Waals surface area contributed by atoms with Crippen LogP contribution in [-0.2, 0) is 4.79 Å². The van der Waals surface area contributed by atoms with Crippen LogP contribution >= 0.6 is 0 Å². The van der Waals surface area contributed by atoms with E-state index in [9.17, 15) is 4.79 Å². The maximum atomic E-state index is 12.3. The van der Waals surface area contributed by atoms with Crippen molar-refractivity contribution in [2.75, 3.05) is 5.32 Å². The van der Waals surface area contributed by atoms with Crippen LogP contribution in [0.15, 0.2) is 54.6 Å². The highest BCUT2D eigenvalue weighted by atomic mass is 16.5. The first kappa shape index (κ1) is 18.0. The third-order valence-corrected chi connectivity index (χ3v) is 3.97. The summed E-state index contributed by atoms with van der Waals surface area (Å²) in [5, 5.41) is 6.27. The van der Waals surface area contributed by atoms with Gasteiger partial charge in [-0.2, -0.15) is 0 Å². The van der Waals surface area contributed by atoms with Gasteiger partial charge in [0.15, 0.2) is 0 Å². The van der Waals surface area contributed by atoms with Crippen molar-refractivity contribution in [1.82, 2.24) is 5.32 Å². The van der Waals surface area contributed by atoms with Crippen molar-refractivity contribution >= 4 is 11.6 Å². The van der Waals surface area contributed by atoms with Crippen LogP contribution in [-0.4, -0.2) is 18.0 Å². The topological polar surface area (TPSA) is 50.4 Å². The second-order valence-corrected chi connectivity index (χ2v) is 5.83. The van der Waals surface area contributed by atoms with Gasteiger partial charge in [0, 0.05) is 11.7 Å². The molecule has 2 aromatic carbocycles. The summed E-state index contributed by atoms with van der Waals surface area (Å²) in [4.78, 5) is 12.3. The molecule has 4 nitrogen and oxygen atoms in total. The van der Waals surface area contributed by atoms with Crippen LogP contribution in [0.3, 0.4) is 0 Å². The third-order valence-electron chi connectivity index (χ3n) is 3.97. The van der Waals surface area contributed by atoms with Gasteiger partial charge < -0.3 is 15.4 Å². The van der Waals surface area contributed by atoms with E-state index >= 15 is 0 Å². The molecular formula is C20H26N2O2. The van der Waals surface area contributed by atoms with Gasteiger partial charge >= 0.3 is 0 Å². The Bertz CT molecular complexity index is 622. The van der Waals surface area contributed by atoms with Crippen LogP contribution in [0.2, 0.25) is 0 Å². The molecule has 0 radical (unpaired) electrons. The smallest absolute Gasteiger partial charge is 0.241 e. The van der Waals surface area contributed by atoms with Crippen LogP contribution in [0.5, 0.6) is 11.5 Å². The quantitative estimate of drug-likeness (QED) is 0.746. The fraction of sp³-hybridized carbons (Fsp3) is 0.350. The van der Waals surface area contributed by atoms with Gasteiger partial charge in [0.1, 0.15) is 11.5 Å². The highest BCUT2D eigenvalue weighted by Crippen LogP contribution is 2.22. The molecule has 2 aromatic rings. The van der Waals surface area contributed by atoms with E-state index < -0.39 is 0 Å². The maximum absolute atomic E-state index is 12.3. The molecule has 0 aliphatic rings. The van der Waals surface area contributed by atoms with E-state index in [2.05, 4.69) is 24.5 Å².